The molecule has 15 heavy (non-hydrogen) atoms. The Morgan fingerprint density at radius 1 is 1.33 bits per heavy atom. The molecule has 0 aliphatic carbocycles. The Morgan fingerprint density at radius 2 is 2.07 bits per heavy atom. The van der Waals surface area contributed by atoms with Gasteiger partial charge < -0.3 is 15.0 Å². The zero-order chi connectivity index (χ0) is 10.7. The van der Waals surface area contributed by atoms with Crippen LogP contribution in [0.15, 0.2) is 35.1 Å². The first-order chi connectivity index (χ1) is 7.35. The van der Waals surface area contributed by atoms with Crippen molar-refractivity contribution < 1.29 is 9.26 Å². The predicted octanol–water partition coefficient (Wildman–Crippen LogP) is 1.81. The van der Waals surface area contributed by atoms with Crippen molar-refractivity contribution in [3.8, 4) is 16.9 Å². The lowest BCUT2D eigenvalue weighted by atomic mass is 10.1. The van der Waals surface area contributed by atoms with Crippen LogP contribution in [0.5, 0.6) is 5.75 Å². The molecule has 1 aromatic heterocycles. The lowest BCUT2D eigenvalue weighted by Gasteiger charge is -2.01. The van der Waals surface area contributed by atoms with Crippen molar-refractivity contribution in [2.24, 2.45) is 5.73 Å². The molecule has 0 saturated heterocycles. The highest BCUT2D eigenvalue weighted by atomic mass is 16.5. The molecule has 0 radical (unpaired) electrons. The van der Waals surface area contributed by atoms with Gasteiger partial charge in [-0.2, -0.15) is 0 Å². The zero-order valence-electron chi connectivity index (χ0n) is 8.43. The highest BCUT2D eigenvalue weighted by Gasteiger charge is 2.07. The molecule has 1 aromatic carbocycles. The van der Waals surface area contributed by atoms with Gasteiger partial charge in [-0.1, -0.05) is 17.3 Å². The summed E-state index contributed by atoms with van der Waals surface area (Å²) in [5, 5.41) is 3.82. The molecule has 0 atom stereocenters. The third-order valence-corrected chi connectivity index (χ3v) is 2.24. The van der Waals surface area contributed by atoms with Crippen LogP contribution in [0.1, 0.15) is 5.69 Å². The second kappa shape index (κ2) is 4.14. The number of hydrogen-bond acceptors (Lipinski definition) is 4. The summed E-state index contributed by atoms with van der Waals surface area (Å²) in [6.07, 6.45) is 1.60. The zero-order valence-corrected chi connectivity index (χ0v) is 8.43. The average Bonchev–Trinajstić information content (AvgIpc) is 2.77. The standard InChI is InChI=1S/C11H12N2O2/c1-14-9-4-2-8(3-5-9)10-7-15-13-11(10)6-12/h2-5,7H,6,12H2,1H3. The van der Waals surface area contributed by atoms with E-state index in [-0.39, 0.29) is 0 Å². The average molecular weight is 204 g/mol. The van der Waals surface area contributed by atoms with Gasteiger partial charge in [0.25, 0.3) is 0 Å². The van der Waals surface area contributed by atoms with E-state index in [2.05, 4.69) is 5.16 Å². The summed E-state index contributed by atoms with van der Waals surface area (Å²) in [6.45, 7) is 0.373. The van der Waals surface area contributed by atoms with E-state index in [4.69, 9.17) is 15.0 Å². The lowest BCUT2D eigenvalue weighted by molar-refractivity contribution is 0.412. The first-order valence-corrected chi connectivity index (χ1v) is 4.63. The summed E-state index contributed by atoms with van der Waals surface area (Å²) >= 11 is 0. The van der Waals surface area contributed by atoms with Crippen molar-refractivity contribution in [2.45, 2.75) is 6.54 Å². The van der Waals surface area contributed by atoms with E-state index in [0.29, 0.717) is 6.54 Å². The highest BCUT2D eigenvalue weighted by molar-refractivity contribution is 5.65. The van der Waals surface area contributed by atoms with Crippen LogP contribution in [-0.4, -0.2) is 12.3 Å². The Bertz CT molecular complexity index is 434. The van der Waals surface area contributed by atoms with Crippen LogP contribution in [0, 0.1) is 0 Å². The Balaban J connectivity index is 2.37. The number of methoxy groups -OCH3 is 1. The van der Waals surface area contributed by atoms with Crippen molar-refractivity contribution in [1.29, 1.82) is 0 Å². The molecule has 0 fully saturated rings. The van der Waals surface area contributed by atoms with Gasteiger partial charge in [0.2, 0.25) is 0 Å². The minimum Gasteiger partial charge on any atom is -0.497 e. The molecular formula is C11H12N2O2. The van der Waals surface area contributed by atoms with E-state index >= 15 is 0 Å². The van der Waals surface area contributed by atoms with Crippen molar-refractivity contribution >= 4 is 0 Å². The number of ether oxygens (including phenoxy) is 1. The number of rotatable bonds is 3. The van der Waals surface area contributed by atoms with E-state index in [1.54, 1.807) is 13.4 Å². The fourth-order valence-electron chi connectivity index (χ4n) is 1.41. The minimum atomic E-state index is 0.373. The van der Waals surface area contributed by atoms with Crippen LogP contribution in [0.3, 0.4) is 0 Å². The fourth-order valence-corrected chi connectivity index (χ4v) is 1.41. The number of nitrogens with zero attached hydrogens (tertiary/aromatic N) is 1. The van der Waals surface area contributed by atoms with Gasteiger partial charge in [-0.15, -0.1) is 0 Å². The molecule has 2 rings (SSSR count). The molecule has 0 unspecified atom stereocenters. The number of hydrogen-bond donors (Lipinski definition) is 1. The maximum Gasteiger partial charge on any atom is 0.131 e. The van der Waals surface area contributed by atoms with Crippen molar-refractivity contribution in [2.75, 3.05) is 7.11 Å². The first-order valence-electron chi connectivity index (χ1n) is 4.63. The third-order valence-electron chi connectivity index (χ3n) is 2.24. The molecule has 1 heterocycles. The highest BCUT2D eigenvalue weighted by Crippen LogP contribution is 2.24. The molecule has 0 saturated carbocycles. The maximum atomic E-state index is 5.54. The molecule has 0 amide bonds. The largest absolute Gasteiger partial charge is 0.497 e. The van der Waals surface area contributed by atoms with E-state index in [1.165, 1.54) is 0 Å². The van der Waals surface area contributed by atoms with Crippen LogP contribution in [0.4, 0.5) is 0 Å². The van der Waals surface area contributed by atoms with Gasteiger partial charge in [0.05, 0.1) is 7.11 Å². The van der Waals surface area contributed by atoms with Crippen molar-refractivity contribution in [3.05, 3.63) is 36.2 Å². The Kier molecular flexibility index (Phi) is 2.69. The second-order valence-electron chi connectivity index (χ2n) is 3.11. The summed E-state index contributed by atoms with van der Waals surface area (Å²) in [7, 11) is 1.64. The molecule has 0 spiro atoms. The van der Waals surface area contributed by atoms with Gasteiger partial charge in [-0.25, -0.2) is 0 Å². The normalized spacial score (nSPS) is 10.3. The maximum absolute atomic E-state index is 5.54. The summed E-state index contributed by atoms with van der Waals surface area (Å²) in [5.41, 5.74) is 8.26. The van der Waals surface area contributed by atoms with Crippen molar-refractivity contribution in [3.63, 3.8) is 0 Å². The minimum absolute atomic E-state index is 0.373. The van der Waals surface area contributed by atoms with Gasteiger partial charge in [0, 0.05) is 12.1 Å². The lowest BCUT2D eigenvalue weighted by Crippen LogP contribution is -1.98. The quantitative estimate of drug-likeness (QED) is 0.828. The van der Waals surface area contributed by atoms with Gasteiger partial charge >= 0.3 is 0 Å². The third kappa shape index (κ3) is 1.85. The molecule has 4 heteroatoms. The van der Waals surface area contributed by atoms with Gasteiger partial charge in [-0.05, 0) is 17.7 Å². The van der Waals surface area contributed by atoms with Crippen LogP contribution in [0.25, 0.3) is 11.1 Å². The summed E-state index contributed by atoms with van der Waals surface area (Å²) in [5.74, 6) is 0.824. The van der Waals surface area contributed by atoms with E-state index < -0.39 is 0 Å². The second-order valence-corrected chi connectivity index (χ2v) is 3.11. The molecule has 0 bridgehead atoms. The Morgan fingerprint density at radius 3 is 2.67 bits per heavy atom. The summed E-state index contributed by atoms with van der Waals surface area (Å²) in [4.78, 5) is 0. The van der Waals surface area contributed by atoms with E-state index in [1.807, 2.05) is 24.3 Å². The summed E-state index contributed by atoms with van der Waals surface area (Å²) in [6, 6.07) is 7.68. The molecule has 4 nitrogen and oxygen atoms in total. The summed E-state index contributed by atoms with van der Waals surface area (Å²) < 4.78 is 9.97. The Hall–Kier alpha value is -1.81. The van der Waals surface area contributed by atoms with Crippen molar-refractivity contribution in [1.82, 2.24) is 5.16 Å². The Labute approximate surface area is 87.6 Å². The number of nitrogens with two attached hydrogens (primary N) is 1. The SMILES string of the molecule is COc1ccc(-c2conc2CN)cc1. The molecule has 2 N–H and O–H groups in total. The van der Waals surface area contributed by atoms with Crippen LogP contribution in [-0.2, 0) is 6.54 Å². The monoisotopic (exact) mass is 204 g/mol. The van der Waals surface area contributed by atoms with Gasteiger partial charge in [-0.3, -0.25) is 0 Å². The van der Waals surface area contributed by atoms with Crippen LogP contribution < -0.4 is 10.5 Å². The topological polar surface area (TPSA) is 61.3 Å². The number of aromatic nitrogens is 1. The molecule has 0 aliphatic heterocycles. The smallest absolute Gasteiger partial charge is 0.131 e. The van der Waals surface area contributed by atoms with Crippen LogP contribution >= 0.6 is 0 Å². The fraction of sp³-hybridized carbons (Fsp3) is 0.182. The molecule has 0 aliphatic rings. The molecule has 2 aromatic rings. The van der Waals surface area contributed by atoms with E-state index in [0.717, 1.165) is 22.6 Å². The van der Waals surface area contributed by atoms with E-state index in [9.17, 15) is 0 Å². The first kappa shape index (κ1) is 9.73. The van der Waals surface area contributed by atoms with Crippen LogP contribution in [0.2, 0.25) is 0 Å². The molecular weight excluding hydrogens is 192 g/mol. The number of benzene rings is 1. The van der Waals surface area contributed by atoms with Gasteiger partial charge in [0.15, 0.2) is 0 Å². The molecule has 78 valence electrons. The predicted molar refractivity (Wildman–Crippen MR) is 56.4 cm³/mol. The van der Waals surface area contributed by atoms with Gasteiger partial charge in [0.1, 0.15) is 17.7 Å².